The number of nitrogens with one attached hydrogen (secondary N) is 2. The molecule has 1 atom stereocenters. The maximum Gasteiger partial charge on any atom is 0.317 e. The Morgan fingerprint density at radius 1 is 1.56 bits per heavy atom. The summed E-state index contributed by atoms with van der Waals surface area (Å²) in [7, 11) is 0. The number of nitrogen functional groups attached to an aromatic ring is 1. The molecule has 9 heteroatoms. The summed E-state index contributed by atoms with van der Waals surface area (Å²) in [6.45, 7) is 3.92. The molecule has 3 heterocycles. The van der Waals surface area contributed by atoms with E-state index in [9.17, 15) is 4.79 Å². The minimum atomic E-state index is 0.0549. The average Bonchev–Trinajstić information content (AvgIpc) is 2.97. The minimum absolute atomic E-state index is 0.0549. The van der Waals surface area contributed by atoms with E-state index in [4.69, 9.17) is 5.84 Å². The van der Waals surface area contributed by atoms with Gasteiger partial charge >= 0.3 is 6.03 Å². The summed E-state index contributed by atoms with van der Waals surface area (Å²) >= 11 is 1.26. The molecule has 0 radical (unpaired) electrons. The van der Waals surface area contributed by atoms with Crippen LogP contribution in [0.5, 0.6) is 0 Å². The second kappa shape index (κ2) is 4.67. The SMILES string of the molecule is NNc1snnc1CN1CCN2C(=O)NCC2C1. The normalized spacial score (nSPS) is 23.9. The van der Waals surface area contributed by atoms with E-state index in [1.807, 2.05) is 4.90 Å². The zero-order valence-corrected chi connectivity index (χ0v) is 10.6. The molecule has 4 N–H and O–H groups in total. The molecule has 0 aromatic carbocycles. The van der Waals surface area contributed by atoms with E-state index < -0.39 is 0 Å². The molecule has 0 aliphatic carbocycles. The van der Waals surface area contributed by atoms with Gasteiger partial charge in [-0.3, -0.25) is 4.90 Å². The Kier molecular flexibility index (Phi) is 3.02. The topological polar surface area (TPSA) is 99.4 Å². The van der Waals surface area contributed by atoms with Crippen molar-refractivity contribution in [3.8, 4) is 0 Å². The molecule has 2 amide bonds. The quantitative estimate of drug-likeness (QED) is 0.482. The number of hydrogen-bond acceptors (Lipinski definition) is 7. The molecule has 0 spiro atoms. The highest BCUT2D eigenvalue weighted by Crippen LogP contribution is 2.20. The highest BCUT2D eigenvalue weighted by atomic mass is 32.1. The molecular weight excluding hydrogens is 254 g/mol. The number of fused-ring (bicyclic) bond motifs is 1. The van der Waals surface area contributed by atoms with Gasteiger partial charge in [-0.1, -0.05) is 4.49 Å². The van der Waals surface area contributed by atoms with Crippen molar-refractivity contribution in [1.82, 2.24) is 24.7 Å². The van der Waals surface area contributed by atoms with E-state index in [1.54, 1.807) is 0 Å². The van der Waals surface area contributed by atoms with E-state index >= 15 is 0 Å². The number of carbonyl (C=O) groups excluding carboxylic acids is 1. The van der Waals surface area contributed by atoms with Gasteiger partial charge in [-0.15, -0.1) is 5.10 Å². The van der Waals surface area contributed by atoms with Crippen molar-refractivity contribution in [1.29, 1.82) is 0 Å². The van der Waals surface area contributed by atoms with Crippen molar-refractivity contribution in [3.05, 3.63) is 5.69 Å². The van der Waals surface area contributed by atoms with Crippen LogP contribution in [0, 0.1) is 0 Å². The average molecular weight is 269 g/mol. The van der Waals surface area contributed by atoms with E-state index in [1.165, 1.54) is 11.5 Å². The number of hydrazine groups is 1. The smallest absolute Gasteiger partial charge is 0.317 e. The zero-order valence-electron chi connectivity index (χ0n) is 9.80. The summed E-state index contributed by atoms with van der Waals surface area (Å²) in [5.74, 6) is 5.40. The summed E-state index contributed by atoms with van der Waals surface area (Å²) in [6, 6.07) is 0.325. The van der Waals surface area contributed by atoms with Gasteiger partial charge in [-0.25, -0.2) is 10.6 Å². The first-order valence-electron chi connectivity index (χ1n) is 5.82. The molecule has 2 saturated heterocycles. The number of nitrogens with zero attached hydrogens (tertiary/aromatic N) is 4. The molecule has 0 bridgehead atoms. The first kappa shape index (κ1) is 11.6. The number of amides is 2. The van der Waals surface area contributed by atoms with Crippen LogP contribution in [0.4, 0.5) is 9.80 Å². The standard InChI is InChI=1S/C9H15N7OS/c10-12-8-7(13-14-18-8)5-15-1-2-16-6(4-15)3-11-9(16)17/h6,12H,1-5,10H2,(H,11,17). The number of rotatable bonds is 3. The minimum Gasteiger partial charge on any atom is -0.336 e. The summed E-state index contributed by atoms with van der Waals surface area (Å²) in [5, 5.41) is 7.74. The fourth-order valence-corrected chi connectivity index (χ4v) is 2.93. The Morgan fingerprint density at radius 3 is 3.28 bits per heavy atom. The number of carbonyl (C=O) groups is 1. The van der Waals surface area contributed by atoms with Crippen LogP contribution in [0.15, 0.2) is 0 Å². The molecule has 2 aliphatic heterocycles. The van der Waals surface area contributed by atoms with E-state index in [2.05, 4.69) is 25.2 Å². The van der Waals surface area contributed by atoms with Gasteiger partial charge in [-0.05, 0) is 0 Å². The Hall–Kier alpha value is -1.45. The molecule has 0 saturated carbocycles. The van der Waals surface area contributed by atoms with Crippen molar-refractivity contribution < 1.29 is 4.79 Å². The lowest BCUT2D eigenvalue weighted by molar-refractivity contribution is 0.116. The van der Waals surface area contributed by atoms with E-state index in [0.717, 1.165) is 36.9 Å². The van der Waals surface area contributed by atoms with Gasteiger partial charge in [0.15, 0.2) is 0 Å². The summed E-state index contributed by atoms with van der Waals surface area (Å²) < 4.78 is 3.88. The fourth-order valence-electron chi connectivity index (χ4n) is 2.45. The zero-order chi connectivity index (χ0) is 12.5. The van der Waals surface area contributed by atoms with Crippen LogP contribution in [0.3, 0.4) is 0 Å². The van der Waals surface area contributed by atoms with Crippen LogP contribution in [0.25, 0.3) is 0 Å². The number of urea groups is 1. The number of nitrogens with two attached hydrogens (primary N) is 1. The third-order valence-corrected chi connectivity index (χ3v) is 4.08. The molecule has 98 valence electrons. The van der Waals surface area contributed by atoms with E-state index in [-0.39, 0.29) is 12.1 Å². The number of anilines is 1. The van der Waals surface area contributed by atoms with Crippen LogP contribution in [-0.4, -0.2) is 57.6 Å². The highest BCUT2D eigenvalue weighted by molar-refractivity contribution is 7.10. The van der Waals surface area contributed by atoms with Gasteiger partial charge in [0.2, 0.25) is 0 Å². The summed E-state index contributed by atoms with van der Waals surface area (Å²) in [5.41, 5.74) is 3.48. The third kappa shape index (κ3) is 2.00. The molecule has 18 heavy (non-hydrogen) atoms. The highest BCUT2D eigenvalue weighted by Gasteiger charge is 2.35. The summed E-state index contributed by atoms with van der Waals surface area (Å²) in [4.78, 5) is 15.7. The lowest BCUT2D eigenvalue weighted by Crippen LogP contribution is -2.51. The second-order valence-electron chi connectivity index (χ2n) is 4.46. The van der Waals surface area contributed by atoms with Crippen LogP contribution in [-0.2, 0) is 6.54 Å². The first-order chi connectivity index (χ1) is 8.78. The molecule has 3 rings (SSSR count). The molecule has 1 aromatic heterocycles. The van der Waals surface area contributed by atoms with Gasteiger partial charge in [0.1, 0.15) is 10.7 Å². The Labute approximate surface area is 108 Å². The second-order valence-corrected chi connectivity index (χ2v) is 5.22. The summed E-state index contributed by atoms with van der Waals surface area (Å²) in [6.07, 6.45) is 0. The predicted octanol–water partition coefficient (Wildman–Crippen LogP) is -0.967. The largest absolute Gasteiger partial charge is 0.336 e. The van der Waals surface area contributed by atoms with Gasteiger partial charge in [0.25, 0.3) is 0 Å². The van der Waals surface area contributed by atoms with Crippen LogP contribution >= 0.6 is 11.5 Å². The lowest BCUT2D eigenvalue weighted by Gasteiger charge is -2.36. The lowest BCUT2D eigenvalue weighted by atomic mass is 10.2. The van der Waals surface area contributed by atoms with Crippen molar-refractivity contribution >= 4 is 22.6 Å². The maximum atomic E-state index is 11.5. The van der Waals surface area contributed by atoms with Crippen LogP contribution in [0.1, 0.15) is 5.69 Å². The predicted molar refractivity (Wildman–Crippen MR) is 66.9 cm³/mol. The molecular formula is C9H15N7OS. The molecule has 2 aliphatic rings. The van der Waals surface area contributed by atoms with Crippen LogP contribution in [0.2, 0.25) is 0 Å². The Balaban J connectivity index is 1.64. The van der Waals surface area contributed by atoms with Gasteiger partial charge in [0, 0.05) is 44.3 Å². The maximum absolute atomic E-state index is 11.5. The molecule has 1 unspecified atom stereocenters. The van der Waals surface area contributed by atoms with Crippen molar-refractivity contribution in [3.63, 3.8) is 0 Å². The van der Waals surface area contributed by atoms with Gasteiger partial charge < -0.3 is 15.6 Å². The van der Waals surface area contributed by atoms with Crippen molar-refractivity contribution in [2.24, 2.45) is 5.84 Å². The van der Waals surface area contributed by atoms with Crippen LogP contribution < -0.4 is 16.6 Å². The Morgan fingerprint density at radius 2 is 2.44 bits per heavy atom. The monoisotopic (exact) mass is 269 g/mol. The van der Waals surface area contributed by atoms with Crippen molar-refractivity contribution in [2.75, 3.05) is 31.6 Å². The molecule has 8 nitrogen and oxygen atoms in total. The van der Waals surface area contributed by atoms with Gasteiger partial charge in [-0.2, -0.15) is 0 Å². The van der Waals surface area contributed by atoms with Crippen molar-refractivity contribution in [2.45, 2.75) is 12.6 Å². The van der Waals surface area contributed by atoms with E-state index in [0.29, 0.717) is 6.54 Å². The number of hydrogen-bond donors (Lipinski definition) is 3. The molecule has 1 aromatic rings. The number of piperazine rings is 1. The number of aromatic nitrogens is 2. The third-order valence-electron chi connectivity index (χ3n) is 3.38. The molecule has 2 fully saturated rings. The Bertz CT molecular complexity index is 450. The van der Waals surface area contributed by atoms with Gasteiger partial charge in [0.05, 0.1) is 6.04 Å². The fraction of sp³-hybridized carbons (Fsp3) is 0.667. The first-order valence-corrected chi connectivity index (χ1v) is 6.60.